The van der Waals surface area contributed by atoms with Gasteiger partial charge in [-0.3, -0.25) is 0 Å². The molecule has 0 N–H and O–H groups in total. The van der Waals surface area contributed by atoms with E-state index in [1.54, 1.807) is 0 Å². The first-order valence-electron chi connectivity index (χ1n) is 9.16. The number of carbonyl (C=O) groups excluding carboxylic acids is 1. The first kappa shape index (κ1) is 23.2. The third-order valence-electron chi connectivity index (χ3n) is 4.87. The van der Waals surface area contributed by atoms with E-state index in [-0.39, 0.29) is 30.8 Å². The molecule has 0 bridgehead atoms. The molecule has 1 atom stereocenters. The molecule has 1 aromatic carbocycles. The topological polar surface area (TPSA) is 35.5 Å². The van der Waals surface area contributed by atoms with Crippen molar-refractivity contribution >= 4 is 33.7 Å². The second kappa shape index (κ2) is 10.5. The number of carbonyl (C=O) groups is 1. The molecule has 0 aliphatic carbocycles. The third kappa shape index (κ3) is 7.79. The molecule has 0 spiro atoms. The van der Waals surface area contributed by atoms with Crippen LogP contribution in [-0.4, -0.2) is 43.0 Å². The molecule has 0 fully saturated rings. The summed E-state index contributed by atoms with van der Waals surface area (Å²) in [6.45, 7) is 14.1. The van der Waals surface area contributed by atoms with Gasteiger partial charge in [-0.2, -0.15) is 0 Å². The van der Waals surface area contributed by atoms with Gasteiger partial charge in [0.2, 0.25) is 0 Å². The molecule has 0 amide bonds. The molecule has 0 aromatic heterocycles. The fraction of sp³-hybridized carbons (Fsp3) is 0.571. The maximum atomic E-state index is 12.1. The van der Waals surface area contributed by atoms with Crippen molar-refractivity contribution in [2.75, 3.05) is 13.7 Å². The van der Waals surface area contributed by atoms with Gasteiger partial charge in [0.25, 0.3) is 0 Å². The number of ether oxygens (including phenoxy) is 1. The van der Waals surface area contributed by atoms with Gasteiger partial charge >= 0.3 is 167 Å². The van der Waals surface area contributed by atoms with Crippen LogP contribution in [-0.2, 0) is 14.0 Å². The van der Waals surface area contributed by atoms with Crippen molar-refractivity contribution in [1.82, 2.24) is 0 Å². The number of methoxy groups -OCH3 is 1. The average molecular weight is 442 g/mol. The fourth-order valence-electron chi connectivity index (χ4n) is 2.07. The molecule has 3 nitrogen and oxygen atoms in total. The van der Waals surface area contributed by atoms with Gasteiger partial charge in [-0.15, -0.1) is 0 Å². The number of allylic oxidation sites excluding steroid dienone is 1. The molecule has 0 aliphatic rings. The first-order chi connectivity index (χ1) is 12.1. The van der Waals surface area contributed by atoms with Crippen molar-refractivity contribution in [3.63, 3.8) is 0 Å². The van der Waals surface area contributed by atoms with Crippen LogP contribution in [0, 0.1) is 0 Å². The molecule has 0 heterocycles. The van der Waals surface area contributed by atoms with Gasteiger partial charge in [0, 0.05) is 0 Å². The molecule has 1 rings (SSSR count). The normalized spacial score (nSPS) is 14.2. The molecule has 1 unspecified atom stereocenters. The Labute approximate surface area is 166 Å². The quantitative estimate of drug-likeness (QED) is 0.316. The van der Waals surface area contributed by atoms with Crippen molar-refractivity contribution in [1.29, 1.82) is 0 Å². The van der Waals surface area contributed by atoms with Crippen LogP contribution < -0.4 is 4.46 Å². The van der Waals surface area contributed by atoms with Crippen LogP contribution in [0.1, 0.15) is 40.5 Å². The van der Waals surface area contributed by atoms with Gasteiger partial charge in [0.05, 0.1) is 0 Å². The van der Waals surface area contributed by atoms with Crippen molar-refractivity contribution < 1.29 is 14.0 Å². The predicted molar refractivity (Wildman–Crippen MR) is 114 cm³/mol. The summed E-state index contributed by atoms with van der Waals surface area (Å²) in [5, 5.41) is 0.224. The Morgan fingerprint density at radius 2 is 1.85 bits per heavy atom. The Hall–Kier alpha value is -0.874. The minimum absolute atomic E-state index is 0.0414. The molecule has 146 valence electrons. The van der Waals surface area contributed by atoms with E-state index in [2.05, 4.69) is 59.0 Å². The summed E-state index contributed by atoms with van der Waals surface area (Å²) in [6, 6.07) is 10.2. The van der Waals surface area contributed by atoms with E-state index < -0.39 is 8.32 Å². The van der Waals surface area contributed by atoms with Crippen LogP contribution in [0.15, 0.2) is 42.0 Å². The van der Waals surface area contributed by atoms with Crippen LogP contribution >= 0.6 is 0 Å². The number of rotatable bonds is 9. The van der Waals surface area contributed by atoms with E-state index in [1.807, 2.05) is 18.2 Å². The number of hydrogen-bond donors (Lipinski definition) is 0. The third-order valence-corrected chi connectivity index (χ3v) is 12.0. The van der Waals surface area contributed by atoms with Crippen LogP contribution in [0.25, 0.3) is 0 Å². The Kier molecular flexibility index (Phi) is 9.32. The van der Waals surface area contributed by atoms with Gasteiger partial charge in [-0.25, -0.2) is 0 Å². The molecule has 0 saturated heterocycles. The number of benzene rings is 1. The molecule has 0 radical (unpaired) electrons. The average Bonchev–Trinajstić information content (AvgIpc) is 2.58. The van der Waals surface area contributed by atoms with E-state index in [0.29, 0.717) is 6.61 Å². The summed E-state index contributed by atoms with van der Waals surface area (Å²) < 4.78 is 12.5. The second-order valence-corrected chi connectivity index (χ2v) is 15.6. The molecular weight excluding hydrogens is 407 g/mol. The predicted octanol–water partition coefficient (Wildman–Crippen LogP) is 4.73. The van der Waals surface area contributed by atoms with Crippen molar-refractivity contribution in [3.05, 3.63) is 42.0 Å². The summed E-state index contributed by atoms with van der Waals surface area (Å²) in [4.78, 5) is 12.1. The summed E-state index contributed by atoms with van der Waals surface area (Å²) in [7, 11) is -0.239. The van der Waals surface area contributed by atoms with E-state index in [4.69, 9.17) is 9.16 Å². The zero-order valence-corrected chi connectivity index (χ0v) is 20.0. The number of hydrogen-bond acceptors (Lipinski definition) is 3. The fourth-order valence-corrected chi connectivity index (χ4v) is 5.38. The van der Waals surface area contributed by atoms with Crippen LogP contribution in [0.3, 0.4) is 0 Å². The van der Waals surface area contributed by atoms with E-state index in [0.717, 1.165) is 12.8 Å². The summed E-state index contributed by atoms with van der Waals surface area (Å²) in [5.41, 5.74) is 1.24. The molecular formula is C21H34O3SeSi. The van der Waals surface area contributed by atoms with Crippen molar-refractivity contribution in [2.45, 2.75) is 63.5 Å². The monoisotopic (exact) mass is 442 g/mol. The Balaban J connectivity index is 2.57. The van der Waals surface area contributed by atoms with Gasteiger partial charge in [0.1, 0.15) is 0 Å². The second-order valence-electron chi connectivity index (χ2n) is 8.12. The van der Waals surface area contributed by atoms with Crippen molar-refractivity contribution in [2.24, 2.45) is 0 Å². The standard InChI is InChI=1S/C21H34O3SeSi/c1-17(16-24-26(6,7)21(2,3)4)12-11-15-19(20(22)23-5)25-18-13-9-8-10-14-18/h8-10,12-14,19H,11,15-16H2,1-7H3/b17-12+. The molecule has 0 saturated carbocycles. The molecule has 26 heavy (non-hydrogen) atoms. The Morgan fingerprint density at radius 1 is 1.23 bits per heavy atom. The van der Waals surface area contributed by atoms with Gasteiger partial charge in [-0.1, -0.05) is 0 Å². The van der Waals surface area contributed by atoms with Gasteiger partial charge < -0.3 is 0 Å². The maximum absolute atomic E-state index is 12.1. The number of esters is 1. The first-order valence-corrected chi connectivity index (χ1v) is 13.9. The van der Waals surface area contributed by atoms with Gasteiger partial charge in [-0.05, 0) is 0 Å². The Morgan fingerprint density at radius 3 is 2.38 bits per heavy atom. The molecule has 5 heteroatoms. The SMILES string of the molecule is COC(=O)C(CC/C=C(\C)CO[Si](C)(C)C(C)(C)C)[Se]c1ccccc1. The van der Waals surface area contributed by atoms with E-state index >= 15 is 0 Å². The molecule has 0 aliphatic heterocycles. The van der Waals surface area contributed by atoms with Gasteiger partial charge in [0.15, 0.2) is 0 Å². The summed E-state index contributed by atoms with van der Waals surface area (Å²) in [5.74, 6) is -0.0996. The van der Waals surface area contributed by atoms with Crippen LogP contribution in [0.5, 0.6) is 0 Å². The van der Waals surface area contributed by atoms with Crippen molar-refractivity contribution in [3.8, 4) is 0 Å². The minimum atomic E-state index is -1.72. The zero-order chi connectivity index (χ0) is 19.8. The summed E-state index contributed by atoms with van der Waals surface area (Å²) in [6.07, 6.45) is 3.91. The van der Waals surface area contributed by atoms with E-state index in [9.17, 15) is 4.79 Å². The van der Waals surface area contributed by atoms with Crippen LogP contribution in [0.4, 0.5) is 0 Å². The summed E-state index contributed by atoms with van der Waals surface area (Å²) >= 11 is 0.0910. The zero-order valence-electron chi connectivity index (χ0n) is 17.3. The molecule has 1 aromatic rings. The van der Waals surface area contributed by atoms with Crippen LogP contribution in [0.2, 0.25) is 22.9 Å². The Bertz CT molecular complexity index is 591. The van der Waals surface area contributed by atoms with E-state index in [1.165, 1.54) is 17.1 Å².